The third kappa shape index (κ3) is 2.86. The van der Waals surface area contributed by atoms with Crippen LogP contribution in [0.15, 0.2) is 0 Å². The van der Waals surface area contributed by atoms with Crippen molar-refractivity contribution in [1.29, 1.82) is 0 Å². The van der Waals surface area contributed by atoms with Gasteiger partial charge in [0.1, 0.15) is 0 Å². The van der Waals surface area contributed by atoms with Gasteiger partial charge in [-0.1, -0.05) is 0 Å². The molecular formula is C7H17NO6S. The SMILES string of the molecule is CCOC(C)(O)C(N)(OCC)S(=O)(=O)O. The van der Waals surface area contributed by atoms with Crippen molar-refractivity contribution in [3.63, 3.8) is 0 Å². The van der Waals surface area contributed by atoms with Crippen LogP contribution in [0, 0.1) is 0 Å². The van der Waals surface area contributed by atoms with Crippen LogP contribution in [-0.2, 0) is 19.6 Å². The summed E-state index contributed by atoms with van der Waals surface area (Å²) in [5.41, 5.74) is 5.31. The van der Waals surface area contributed by atoms with Gasteiger partial charge in [0, 0.05) is 13.2 Å². The summed E-state index contributed by atoms with van der Waals surface area (Å²) in [5.74, 6) is -2.34. The van der Waals surface area contributed by atoms with E-state index < -0.39 is 21.0 Å². The monoisotopic (exact) mass is 243 g/mol. The maximum absolute atomic E-state index is 11.0. The van der Waals surface area contributed by atoms with Gasteiger partial charge in [-0.25, -0.2) is 0 Å². The van der Waals surface area contributed by atoms with E-state index in [-0.39, 0.29) is 13.2 Å². The highest BCUT2D eigenvalue weighted by Gasteiger charge is 2.56. The number of hydrogen-bond acceptors (Lipinski definition) is 6. The van der Waals surface area contributed by atoms with Crippen molar-refractivity contribution in [2.24, 2.45) is 5.73 Å². The molecule has 2 unspecified atom stereocenters. The Morgan fingerprint density at radius 1 is 1.27 bits per heavy atom. The molecule has 4 N–H and O–H groups in total. The van der Waals surface area contributed by atoms with Gasteiger partial charge in [0.05, 0.1) is 0 Å². The quantitative estimate of drug-likeness (QED) is 0.415. The molecule has 0 fully saturated rings. The number of rotatable bonds is 6. The molecule has 8 heteroatoms. The largest absolute Gasteiger partial charge is 0.361 e. The Balaban J connectivity index is 5.29. The van der Waals surface area contributed by atoms with Crippen molar-refractivity contribution in [1.82, 2.24) is 0 Å². The van der Waals surface area contributed by atoms with E-state index in [2.05, 4.69) is 4.74 Å². The highest BCUT2D eigenvalue weighted by atomic mass is 32.2. The van der Waals surface area contributed by atoms with E-state index in [1.54, 1.807) is 0 Å². The van der Waals surface area contributed by atoms with Crippen molar-refractivity contribution in [2.45, 2.75) is 31.6 Å². The van der Waals surface area contributed by atoms with Crippen LogP contribution < -0.4 is 5.73 Å². The van der Waals surface area contributed by atoms with Crippen LogP contribution >= 0.6 is 0 Å². The van der Waals surface area contributed by atoms with Gasteiger partial charge in [0.25, 0.3) is 0 Å². The fourth-order valence-electron chi connectivity index (χ4n) is 1.04. The third-order valence-electron chi connectivity index (χ3n) is 1.81. The summed E-state index contributed by atoms with van der Waals surface area (Å²) in [6, 6.07) is 0. The lowest BCUT2D eigenvalue weighted by Gasteiger charge is -2.37. The van der Waals surface area contributed by atoms with Gasteiger partial charge >= 0.3 is 15.2 Å². The number of nitrogens with two attached hydrogens (primary N) is 1. The number of hydrogen-bond donors (Lipinski definition) is 3. The predicted molar refractivity (Wildman–Crippen MR) is 52.3 cm³/mol. The summed E-state index contributed by atoms with van der Waals surface area (Å²) in [6.07, 6.45) is 0. The fraction of sp³-hybridized carbons (Fsp3) is 1.00. The first kappa shape index (κ1) is 14.8. The average molecular weight is 243 g/mol. The summed E-state index contributed by atoms with van der Waals surface area (Å²) in [5, 5.41) is 6.99. The van der Waals surface area contributed by atoms with E-state index in [1.807, 2.05) is 0 Å². The Labute approximate surface area is 88.9 Å². The van der Waals surface area contributed by atoms with Crippen LogP contribution in [0.5, 0.6) is 0 Å². The Morgan fingerprint density at radius 3 is 1.93 bits per heavy atom. The summed E-state index contributed by atoms with van der Waals surface area (Å²) < 4.78 is 40.4. The van der Waals surface area contributed by atoms with Gasteiger partial charge in [-0.2, -0.15) is 8.42 Å². The molecule has 0 amide bonds. The minimum Gasteiger partial charge on any atom is -0.361 e. The molecule has 0 aliphatic rings. The van der Waals surface area contributed by atoms with Gasteiger partial charge in [0.15, 0.2) is 0 Å². The van der Waals surface area contributed by atoms with E-state index in [9.17, 15) is 13.5 Å². The summed E-state index contributed by atoms with van der Waals surface area (Å²) >= 11 is 0. The summed E-state index contributed by atoms with van der Waals surface area (Å²) in [4.78, 5) is 0. The first-order valence-corrected chi connectivity index (χ1v) is 5.82. The van der Waals surface area contributed by atoms with Gasteiger partial charge < -0.3 is 14.6 Å². The van der Waals surface area contributed by atoms with E-state index in [1.165, 1.54) is 13.8 Å². The Kier molecular flexibility index (Phi) is 4.65. The van der Waals surface area contributed by atoms with Crippen LogP contribution in [0.2, 0.25) is 0 Å². The zero-order valence-corrected chi connectivity index (χ0v) is 9.74. The predicted octanol–water partition coefficient (Wildman–Crippen LogP) is -0.732. The Hall–Kier alpha value is -0.250. The molecule has 0 aromatic carbocycles. The lowest BCUT2D eigenvalue weighted by molar-refractivity contribution is -0.269. The lowest BCUT2D eigenvalue weighted by atomic mass is 10.3. The maximum Gasteiger partial charge on any atom is 0.315 e. The van der Waals surface area contributed by atoms with E-state index in [4.69, 9.17) is 15.0 Å². The summed E-state index contributed by atoms with van der Waals surface area (Å²) in [7, 11) is -4.83. The molecule has 0 aromatic heterocycles. The fourth-order valence-corrected chi connectivity index (χ4v) is 1.85. The van der Waals surface area contributed by atoms with Gasteiger partial charge in [-0.3, -0.25) is 10.3 Å². The van der Waals surface area contributed by atoms with Gasteiger partial charge in [-0.05, 0) is 20.8 Å². The molecule has 7 nitrogen and oxygen atoms in total. The third-order valence-corrected chi connectivity index (χ3v) is 3.08. The first-order valence-electron chi connectivity index (χ1n) is 4.38. The highest BCUT2D eigenvalue weighted by Crippen LogP contribution is 2.27. The minimum absolute atomic E-state index is 0.00848. The molecule has 0 spiro atoms. The minimum atomic E-state index is -4.83. The Morgan fingerprint density at radius 2 is 1.67 bits per heavy atom. The molecule has 0 aromatic rings. The van der Waals surface area contributed by atoms with Crippen LogP contribution in [0.25, 0.3) is 0 Å². The maximum atomic E-state index is 11.0. The smallest absolute Gasteiger partial charge is 0.315 e. The number of aliphatic hydroxyl groups is 1. The molecule has 0 saturated carbocycles. The second kappa shape index (κ2) is 4.73. The zero-order valence-electron chi connectivity index (χ0n) is 8.93. The van der Waals surface area contributed by atoms with E-state index >= 15 is 0 Å². The normalized spacial score (nSPS) is 20.7. The molecule has 0 heterocycles. The molecule has 92 valence electrons. The van der Waals surface area contributed by atoms with Crippen LogP contribution in [0.4, 0.5) is 0 Å². The Bertz CT molecular complexity index is 301. The molecule has 0 saturated heterocycles. The molecule has 0 aliphatic heterocycles. The molecule has 0 bridgehead atoms. The zero-order chi connectivity index (χ0) is 12.3. The van der Waals surface area contributed by atoms with Crippen LogP contribution in [0.1, 0.15) is 20.8 Å². The highest BCUT2D eigenvalue weighted by molar-refractivity contribution is 7.87. The summed E-state index contributed by atoms with van der Waals surface area (Å²) in [6.45, 7) is 3.90. The molecule has 0 aliphatic carbocycles. The molecule has 2 atom stereocenters. The van der Waals surface area contributed by atoms with Crippen molar-refractivity contribution >= 4 is 10.1 Å². The van der Waals surface area contributed by atoms with Crippen LogP contribution in [-0.4, -0.2) is 42.1 Å². The standard InChI is InChI=1S/C7H17NO6S/c1-4-13-6(3,9)7(8,14-5-2)15(10,11)12/h9H,4-5,8H2,1-3H3,(H,10,11,12). The second-order valence-corrected chi connectivity index (χ2v) is 4.55. The van der Waals surface area contributed by atoms with Gasteiger partial charge in [-0.15, -0.1) is 0 Å². The van der Waals surface area contributed by atoms with E-state index in [0.29, 0.717) is 0 Å². The average Bonchev–Trinajstić information content (AvgIpc) is 2.02. The first-order chi connectivity index (χ1) is 6.62. The van der Waals surface area contributed by atoms with Crippen LogP contribution in [0.3, 0.4) is 0 Å². The van der Waals surface area contributed by atoms with Crippen molar-refractivity contribution in [3.05, 3.63) is 0 Å². The topological polar surface area (TPSA) is 119 Å². The molecule has 15 heavy (non-hydrogen) atoms. The van der Waals surface area contributed by atoms with E-state index in [0.717, 1.165) is 6.92 Å². The van der Waals surface area contributed by atoms with Crippen molar-refractivity contribution in [3.8, 4) is 0 Å². The number of ether oxygens (including phenoxy) is 2. The molecule has 0 radical (unpaired) electrons. The van der Waals surface area contributed by atoms with Crippen molar-refractivity contribution < 1.29 is 27.6 Å². The molecule has 0 rings (SSSR count). The van der Waals surface area contributed by atoms with Gasteiger partial charge in [0.2, 0.25) is 5.79 Å². The van der Waals surface area contributed by atoms with Crippen molar-refractivity contribution in [2.75, 3.05) is 13.2 Å². The lowest BCUT2D eigenvalue weighted by Crippen LogP contribution is -2.66. The second-order valence-electron chi connectivity index (χ2n) is 2.99. The molecular weight excluding hydrogens is 226 g/mol.